The Bertz CT molecular complexity index is 438. The van der Waals surface area contributed by atoms with E-state index in [1.165, 1.54) is 12.0 Å². The molecule has 2 aliphatic rings. The van der Waals surface area contributed by atoms with Crippen LogP contribution in [0.2, 0.25) is 0 Å². The maximum atomic E-state index is 11.2. The predicted molar refractivity (Wildman–Crippen MR) is 66.9 cm³/mol. The SMILES string of the molecule is O=C1Cc2cc(CNC3CCNC3)ccc2N1. The van der Waals surface area contributed by atoms with E-state index in [1.807, 2.05) is 6.07 Å². The Balaban J connectivity index is 1.64. The summed E-state index contributed by atoms with van der Waals surface area (Å²) in [6, 6.07) is 6.80. The van der Waals surface area contributed by atoms with Gasteiger partial charge in [-0.05, 0) is 30.2 Å². The lowest BCUT2D eigenvalue weighted by Gasteiger charge is -2.11. The standard InChI is InChI=1S/C13H17N3O/c17-13-6-10-5-9(1-2-12(10)16-13)7-15-11-3-4-14-8-11/h1-2,5,11,14-15H,3-4,6-8H2,(H,16,17). The molecule has 0 saturated carbocycles. The summed E-state index contributed by atoms with van der Waals surface area (Å²) in [6.45, 7) is 3.05. The lowest BCUT2D eigenvalue weighted by molar-refractivity contribution is -0.115. The summed E-state index contributed by atoms with van der Waals surface area (Å²) in [4.78, 5) is 11.2. The highest BCUT2D eigenvalue weighted by Gasteiger charge is 2.18. The van der Waals surface area contributed by atoms with Crippen molar-refractivity contribution in [2.45, 2.75) is 25.4 Å². The van der Waals surface area contributed by atoms with Crippen molar-refractivity contribution in [2.75, 3.05) is 18.4 Å². The summed E-state index contributed by atoms with van der Waals surface area (Å²) in [5.74, 6) is 0.102. The molecule has 3 N–H and O–H groups in total. The molecule has 1 fully saturated rings. The highest BCUT2D eigenvalue weighted by Crippen LogP contribution is 2.23. The van der Waals surface area contributed by atoms with Gasteiger partial charge in [0.05, 0.1) is 6.42 Å². The molecule has 3 rings (SSSR count). The Morgan fingerprint density at radius 1 is 1.41 bits per heavy atom. The second-order valence-corrected chi connectivity index (χ2v) is 4.79. The number of hydrogen-bond acceptors (Lipinski definition) is 3. The average Bonchev–Trinajstić information content (AvgIpc) is 2.92. The lowest BCUT2D eigenvalue weighted by atomic mass is 10.1. The van der Waals surface area contributed by atoms with Crippen molar-refractivity contribution >= 4 is 11.6 Å². The van der Waals surface area contributed by atoms with Gasteiger partial charge in [0.2, 0.25) is 5.91 Å². The first-order valence-corrected chi connectivity index (χ1v) is 6.17. The van der Waals surface area contributed by atoms with Crippen LogP contribution >= 0.6 is 0 Å². The number of hydrogen-bond donors (Lipinski definition) is 3. The van der Waals surface area contributed by atoms with Crippen LogP contribution in [0.25, 0.3) is 0 Å². The van der Waals surface area contributed by atoms with Crippen LogP contribution in [0.4, 0.5) is 5.69 Å². The van der Waals surface area contributed by atoms with Crippen molar-refractivity contribution in [3.05, 3.63) is 29.3 Å². The van der Waals surface area contributed by atoms with Gasteiger partial charge in [-0.3, -0.25) is 4.79 Å². The quantitative estimate of drug-likeness (QED) is 0.715. The summed E-state index contributed by atoms with van der Waals surface area (Å²) >= 11 is 0. The molecule has 2 aliphatic heterocycles. The van der Waals surface area contributed by atoms with Crippen LogP contribution < -0.4 is 16.0 Å². The third-order valence-corrected chi connectivity index (χ3v) is 3.45. The van der Waals surface area contributed by atoms with Crippen LogP contribution in [-0.2, 0) is 17.8 Å². The molecular formula is C13H17N3O. The van der Waals surface area contributed by atoms with Crippen LogP contribution in [0.1, 0.15) is 17.5 Å². The summed E-state index contributed by atoms with van der Waals surface area (Å²) in [5, 5.41) is 9.72. The molecule has 4 nitrogen and oxygen atoms in total. The topological polar surface area (TPSA) is 53.2 Å². The largest absolute Gasteiger partial charge is 0.326 e. The van der Waals surface area contributed by atoms with E-state index in [1.54, 1.807) is 0 Å². The Morgan fingerprint density at radius 3 is 3.18 bits per heavy atom. The Morgan fingerprint density at radius 2 is 2.35 bits per heavy atom. The van der Waals surface area contributed by atoms with Crippen LogP contribution in [0.3, 0.4) is 0 Å². The number of carbonyl (C=O) groups is 1. The van der Waals surface area contributed by atoms with Gasteiger partial charge in [0.15, 0.2) is 0 Å². The van der Waals surface area contributed by atoms with Crippen molar-refractivity contribution < 1.29 is 4.79 Å². The first kappa shape index (κ1) is 10.7. The number of fused-ring (bicyclic) bond motifs is 1. The van der Waals surface area contributed by atoms with Gasteiger partial charge in [0, 0.05) is 24.8 Å². The second-order valence-electron chi connectivity index (χ2n) is 4.79. The molecule has 0 spiro atoms. The summed E-state index contributed by atoms with van der Waals surface area (Å²) in [7, 11) is 0. The predicted octanol–water partition coefficient (Wildman–Crippen LogP) is 0.633. The minimum Gasteiger partial charge on any atom is -0.326 e. The second kappa shape index (κ2) is 4.47. The molecule has 2 heterocycles. The molecule has 1 saturated heterocycles. The van der Waals surface area contributed by atoms with Gasteiger partial charge in [-0.25, -0.2) is 0 Å². The van der Waals surface area contributed by atoms with Crippen molar-refractivity contribution in [3.63, 3.8) is 0 Å². The molecule has 1 aromatic rings. The van der Waals surface area contributed by atoms with Gasteiger partial charge in [0.25, 0.3) is 0 Å². The number of benzene rings is 1. The summed E-state index contributed by atoms with van der Waals surface area (Å²) < 4.78 is 0. The monoisotopic (exact) mass is 231 g/mol. The maximum absolute atomic E-state index is 11.2. The number of amides is 1. The Hall–Kier alpha value is -1.39. The Kier molecular flexibility index (Phi) is 2.82. The fourth-order valence-corrected chi connectivity index (χ4v) is 2.48. The van der Waals surface area contributed by atoms with Gasteiger partial charge in [0.1, 0.15) is 0 Å². The highest BCUT2D eigenvalue weighted by molar-refractivity contribution is 5.99. The van der Waals surface area contributed by atoms with Gasteiger partial charge >= 0.3 is 0 Å². The van der Waals surface area contributed by atoms with Crippen LogP contribution in [0, 0.1) is 0 Å². The number of nitrogens with one attached hydrogen (secondary N) is 3. The third kappa shape index (κ3) is 2.33. The molecule has 0 bridgehead atoms. The number of rotatable bonds is 3. The molecule has 1 atom stereocenters. The highest BCUT2D eigenvalue weighted by atomic mass is 16.1. The molecule has 0 radical (unpaired) electrons. The third-order valence-electron chi connectivity index (χ3n) is 3.45. The van der Waals surface area contributed by atoms with Crippen LogP contribution in [0.15, 0.2) is 18.2 Å². The normalized spacial score (nSPS) is 22.6. The van der Waals surface area contributed by atoms with Crippen molar-refractivity contribution in [3.8, 4) is 0 Å². The van der Waals surface area contributed by atoms with Gasteiger partial charge in [-0.2, -0.15) is 0 Å². The smallest absolute Gasteiger partial charge is 0.228 e. The molecule has 17 heavy (non-hydrogen) atoms. The molecule has 0 aromatic heterocycles. The zero-order chi connectivity index (χ0) is 11.7. The number of anilines is 1. The van der Waals surface area contributed by atoms with Gasteiger partial charge in [-0.15, -0.1) is 0 Å². The minimum atomic E-state index is 0.102. The number of carbonyl (C=O) groups excluding carboxylic acids is 1. The van der Waals surface area contributed by atoms with E-state index in [0.717, 1.165) is 30.9 Å². The van der Waals surface area contributed by atoms with E-state index >= 15 is 0 Å². The zero-order valence-corrected chi connectivity index (χ0v) is 9.75. The van der Waals surface area contributed by atoms with Crippen LogP contribution in [-0.4, -0.2) is 25.0 Å². The Labute approximate surface area is 101 Å². The molecule has 1 aromatic carbocycles. The van der Waals surface area contributed by atoms with E-state index in [0.29, 0.717) is 12.5 Å². The maximum Gasteiger partial charge on any atom is 0.228 e. The van der Waals surface area contributed by atoms with Crippen molar-refractivity contribution in [1.82, 2.24) is 10.6 Å². The molecule has 1 unspecified atom stereocenters. The fraction of sp³-hybridized carbons (Fsp3) is 0.462. The van der Waals surface area contributed by atoms with E-state index in [9.17, 15) is 4.79 Å². The van der Waals surface area contributed by atoms with E-state index in [2.05, 4.69) is 28.1 Å². The molecular weight excluding hydrogens is 214 g/mol. The summed E-state index contributed by atoms with van der Waals surface area (Å²) in [6.07, 6.45) is 1.72. The van der Waals surface area contributed by atoms with Gasteiger partial charge in [-0.1, -0.05) is 12.1 Å². The molecule has 90 valence electrons. The average molecular weight is 231 g/mol. The lowest BCUT2D eigenvalue weighted by Crippen LogP contribution is -2.30. The van der Waals surface area contributed by atoms with Gasteiger partial charge < -0.3 is 16.0 Å². The molecule has 4 heteroatoms. The summed E-state index contributed by atoms with van der Waals surface area (Å²) in [5.41, 5.74) is 3.35. The molecule has 1 amide bonds. The van der Waals surface area contributed by atoms with E-state index in [4.69, 9.17) is 0 Å². The van der Waals surface area contributed by atoms with Crippen molar-refractivity contribution in [1.29, 1.82) is 0 Å². The van der Waals surface area contributed by atoms with Crippen LogP contribution in [0.5, 0.6) is 0 Å². The molecule has 0 aliphatic carbocycles. The van der Waals surface area contributed by atoms with Crippen molar-refractivity contribution in [2.24, 2.45) is 0 Å². The first-order chi connectivity index (χ1) is 8.31. The van der Waals surface area contributed by atoms with E-state index in [-0.39, 0.29) is 5.91 Å². The zero-order valence-electron chi connectivity index (χ0n) is 9.75. The van der Waals surface area contributed by atoms with E-state index < -0.39 is 0 Å². The first-order valence-electron chi connectivity index (χ1n) is 6.17. The fourth-order valence-electron chi connectivity index (χ4n) is 2.48. The minimum absolute atomic E-state index is 0.102.